The molecule has 0 amide bonds. The second-order valence-electron chi connectivity index (χ2n) is 5.57. The first-order valence-corrected chi connectivity index (χ1v) is 7.34. The number of halogens is 3. The SMILES string of the molecule is COc1cc(C(O)C(F)(F)F)ccc1OCc1cc(C)ccc1C. The van der Waals surface area contributed by atoms with Crippen molar-refractivity contribution in [1.82, 2.24) is 0 Å². The maximum absolute atomic E-state index is 12.6. The third kappa shape index (κ3) is 4.20. The van der Waals surface area contributed by atoms with E-state index in [0.29, 0.717) is 5.75 Å². The van der Waals surface area contributed by atoms with Crippen LogP contribution in [0.15, 0.2) is 36.4 Å². The summed E-state index contributed by atoms with van der Waals surface area (Å²) in [7, 11) is 1.34. The van der Waals surface area contributed by atoms with Crippen LogP contribution >= 0.6 is 0 Å². The largest absolute Gasteiger partial charge is 0.493 e. The summed E-state index contributed by atoms with van der Waals surface area (Å²) >= 11 is 0. The smallest absolute Gasteiger partial charge is 0.418 e. The van der Waals surface area contributed by atoms with Gasteiger partial charge in [0.25, 0.3) is 0 Å². The molecule has 2 rings (SSSR count). The van der Waals surface area contributed by atoms with E-state index in [1.54, 1.807) is 0 Å². The van der Waals surface area contributed by atoms with Crippen molar-refractivity contribution in [3.63, 3.8) is 0 Å². The summed E-state index contributed by atoms with van der Waals surface area (Å²) in [5.41, 5.74) is 2.84. The van der Waals surface area contributed by atoms with Crippen LogP contribution in [0, 0.1) is 13.8 Å². The van der Waals surface area contributed by atoms with Gasteiger partial charge in [0.2, 0.25) is 0 Å². The molecule has 1 unspecified atom stereocenters. The molecule has 0 bridgehead atoms. The number of hydrogen-bond acceptors (Lipinski definition) is 3. The van der Waals surface area contributed by atoms with Gasteiger partial charge in [0, 0.05) is 0 Å². The highest BCUT2D eigenvalue weighted by atomic mass is 19.4. The molecule has 3 nitrogen and oxygen atoms in total. The third-order valence-electron chi connectivity index (χ3n) is 3.70. The maximum atomic E-state index is 12.6. The Morgan fingerprint density at radius 3 is 2.38 bits per heavy atom. The van der Waals surface area contributed by atoms with Crippen molar-refractivity contribution in [3.05, 3.63) is 58.7 Å². The second kappa shape index (κ2) is 7.13. The first-order chi connectivity index (χ1) is 11.2. The van der Waals surface area contributed by atoms with Crippen molar-refractivity contribution in [2.75, 3.05) is 7.11 Å². The summed E-state index contributed by atoms with van der Waals surface area (Å²) in [6.45, 7) is 4.19. The van der Waals surface area contributed by atoms with Crippen LogP contribution in [-0.4, -0.2) is 18.4 Å². The highest BCUT2D eigenvalue weighted by molar-refractivity contribution is 5.44. The molecule has 24 heavy (non-hydrogen) atoms. The van der Waals surface area contributed by atoms with Gasteiger partial charge < -0.3 is 14.6 Å². The fourth-order valence-electron chi connectivity index (χ4n) is 2.27. The standard InChI is InChI=1S/C18H19F3O3/c1-11-4-5-12(2)14(8-11)10-24-15-7-6-13(9-16(15)23-3)17(22)18(19,20)21/h4-9,17,22H,10H2,1-3H3. The summed E-state index contributed by atoms with van der Waals surface area (Å²) in [5.74, 6) is 0.456. The Bertz CT molecular complexity index is 711. The summed E-state index contributed by atoms with van der Waals surface area (Å²) < 4.78 is 48.6. The predicted octanol–water partition coefficient (Wildman–Crippen LogP) is 4.49. The van der Waals surface area contributed by atoms with Crippen molar-refractivity contribution < 1.29 is 27.8 Å². The van der Waals surface area contributed by atoms with Gasteiger partial charge in [-0.2, -0.15) is 13.2 Å². The van der Waals surface area contributed by atoms with E-state index in [0.717, 1.165) is 22.8 Å². The molecule has 0 aliphatic carbocycles. The first-order valence-electron chi connectivity index (χ1n) is 7.34. The minimum atomic E-state index is -4.73. The lowest BCUT2D eigenvalue weighted by molar-refractivity contribution is -0.206. The van der Waals surface area contributed by atoms with Crippen LogP contribution in [0.2, 0.25) is 0 Å². The fourth-order valence-corrected chi connectivity index (χ4v) is 2.27. The molecule has 0 saturated heterocycles. The van der Waals surface area contributed by atoms with E-state index in [1.807, 2.05) is 32.0 Å². The quantitative estimate of drug-likeness (QED) is 0.872. The number of alkyl halides is 3. The lowest BCUT2D eigenvalue weighted by atomic mass is 10.1. The van der Waals surface area contributed by atoms with Gasteiger partial charge >= 0.3 is 6.18 Å². The number of hydrogen-bond donors (Lipinski definition) is 1. The maximum Gasteiger partial charge on any atom is 0.418 e. The molecule has 0 saturated carbocycles. The molecule has 0 aromatic heterocycles. The zero-order chi connectivity index (χ0) is 17.9. The Morgan fingerprint density at radius 1 is 1.04 bits per heavy atom. The van der Waals surface area contributed by atoms with Gasteiger partial charge in [-0.1, -0.05) is 29.8 Å². The van der Waals surface area contributed by atoms with Crippen LogP contribution in [0.4, 0.5) is 13.2 Å². The summed E-state index contributed by atoms with van der Waals surface area (Å²) in [4.78, 5) is 0. The van der Waals surface area contributed by atoms with Crippen LogP contribution in [0.5, 0.6) is 11.5 Å². The summed E-state index contributed by atoms with van der Waals surface area (Å²) in [6, 6.07) is 9.65. The van der Waals surface area contributed by atoms with E-state index in [1.165, 1.54) is 19.2 Å². The Balaban J connectivity index is 2.20. The van der Waals surface area contributed by atoms with Crippen molar-refractivity contribution in [2.24, 2.45) is 0 Å². The minimum absolute atomic E-state index is 0.140. The lowest BCUT2D eigenvalue weighted by Gasteiger charge is -2.17. The highest BCUT2D eigenvalue weighted by Crippen LogP contribution is 2.37. The third-order valence-corrected chi connectivity index (χ3v) is 3.70. The van der Waals surface area contributed by atoms with E-state index in [-0.39, 0.29) is 17.9 Å². The van der Waals surface area contributed by atoms with E-state index in [9.17, 15) is 18.3 Å². The van der Waals surface area contributed by atoms with E-state index in [2.05, 4.69) is 0 Å². The molecule has 0 fully saturated rings. The molecule has 0 aliphatic heterocycles. The molecule has 0 aliphatic rings. The average molecular weight is 340 g/mol. The average Bonchev–Trinajstić information content (AvgIpc) is 2.54. The lowest BCUT2D eigenvalue weighted by Crippen LogP contribution is -2.20. The predicted molar refractivity (Wildman–Crippen MR) is 84.3 cm³/mol. The monoisotopic (exact) mass is 340 g/mol. The van der Waals surface area contributed by atoms with Gasteiger partial charge in [0.15, 0.2) is 17.6 Å². The summed E-state index contributed by atoms with van der Waals surface area (Å²) in [6.07, 6.45) is -7.29. The van der Waals surface area contributed by atoms with E-state index in [4.69, 9.17) is 9.47 Å². The number of aliphatic hydroxyl groups is 1. The van der Waals surface area contributed by atoms with Crippen LogP contribution in [0.25, 0.3) is 0 Å². The van der Waals surface area contributed by atoms with E-state index >= 15 is 0 Å². The molecule has 6 heteroatoms. The van der Waals surface area contributed by atoms with Crippen LogP contribution in [0.1, 0.15) is 28.4 Å². The molecule has 0 radical (unpaired) electrons. The Kier molecular flexibility index (Phi) is 5.39. The zero-order valence-electron chi connectivity index (χ0n) is 13.6. The topological polar surface area (TPSA) is 38.7 Å². The molecule has 2 aromatic carbocycles. The number of benzene rings is 2. The van der Waals surface area contributed by atoms with Crippen LogP contribution < -0.4 is 9.47 Å². The van der Waals surface area contributed by atoms with Crippen molar-refractivity contribution >= 4 is 0 Å². The van der Waals surface area contributed by atoms with Crippen molar-refractivity contribution in [1.29, 1.82) is 0 Å². The number of rotatable bonds is 5. The molecule has 2 aromatic rings. The van der Waals surface area contributed by atoms with Gasteiger partial charge in [0.05, 0.1) is 7.11 Å². The normalized spacial score (nSPS) is 12.8. The van der Waals surface area contributed by atoms with E-state index < -0.39 is 12.3 Å². The second-order valence-corrected chi connectivity index (χ2v) is 5.57. The Hall–Kier alpha value is -2.21. The Labute approximate surface area is 138 Å². The van der Waals surface area contributed by atoms with Crippen molar-refractivity contribution in [3.8, 4) is 11.5 Å². The molecular weight excluding hydrogens is 321 g/mol. The van der Waals surface area contributed by atoms with Gasteiger partial charge in [-0.3, -0.25) is 0 Å². The first kappa shape index (κ1) is 18.1. The van der Waals surface area contributed by atoms with Gasteiger partial charge in [-0.05, 0) is 42.7 Å². The molecular formula is C18H19F3O3. The number of aryl methyl sites for hydroxylation is 2. The van der Waals surface area contributed by atoms with Gasteiger partial charge in [-0.15, -0.1) is 0 Å². The van der Waals surface area contributed by atoms with Gasteiger partial charge in [0.1, 0.15) is 6.61 Å². The molecule has 0 heterocycles. The molecule has 1 N–H and O–H groups in total. The molecule has 130 valence electrons. The number of aliphatic hydroxyl groups excluding tert-OH is 1. The number of ether oxygens (including phenoxy) is 2. The minimum Gasteiger partial charge on any atom is -0.493 e. The molecule has 0 spiro atoms. The fraction of sp³-hybridized carbons (Fsp3) is 0.333. The highest BCUT2D eigenvalue weighted by Gasteiger charge is 2.39. The summed E-state index contributed by atoms with van der Waals surface area (Å²) in [5, 5.41) is 9.32. The number of methoxy groups -OCH3 is 1. The zero-order valence-corrected chi connectivity index (χ0v) is 13.6. The van der Waals surface area contributed by atoms with Crippen molar-refractivity contribution in [2.45, 2.75) is 32.7 Å². The molecule has 1 atom stereocenters. The Morgan fingerprint density at radius 2 is 1.75 bits per heavy atom. The van der Waals surface area contributed by atoms with Gasteiger partial charge in [-0.25, -0.2) is 0 Å². The van der Waals surface area contributed by atoms with Crippen LogP contribution in [0.3, 0.4) is 0 Å². The van der Waals surface area contributed by atoms with Crippen LogP contribution in [-0.2, 0) is 6.61 Å².